The van der Waals surface area contributed by atoms with Crippen LogP contribution in [-0.2, 0) is 4.79 Å². The Balaban J connectivity index is 1.82. The Hall–Kier alpha value is -1.03. The molecule has 0 aromatic carbocycles. The topological polar surface area (TPSA) is 42.0 Å². The van der Waals surface area contributed by atoms with Crippen molar-refractivity contribution in [1.29, 1.82) is 0 Å². The normalized spacial score (nSPS) is 17.9. The quantitative estimate of drug-likeness (QED) is 0.835. The van der Waals surface area contributed by atoms with Crippen LogP contribution in [0.15, 0.2) is 29.4 Å². The van der Waals surface area contributed by atoms with Crippen LogP contribution >= 0.6 is 11.8 Å². The van der Waals surface area contributed by atoms with Gasteiger partial charge in [0, 0.05) is 12.2 Å². The average molecular weight is 250 g/mol. The molecule has 2 rings (SSSR count). The number of hydrogen-bond acceptors (Lipinski definition) is 3. The van der Waals surface area contributed by atoms with Crippen molar-refractivity contribution in [2.75, 3.05) is 0 Å². The number of rotatable bonds is 4. The molecule has 1 amide bonds. The lowest BCUT2D eigenvalue weighted by Crippen LogP contribution is -2.37. The Kier molecular flexibility index (Phi) is 4.42. The van der Waals surface area contributed by atoms with Crippen molar-refractivity contribution in [3.05, 3.63) is 24.4 Å². The summed E-state index contributed by atoms with van der Waals surface area (Å²) >= 11 is 1.51. The zero-order valence-corrected chi connectivity index (χ0v) is 10.9. The number of thioether (sulfide) groups is 1. The molecule has 92 valence electrons. The maximum atomic E-state index is 11.9. The second kappa shape index (κ2) is 6.05. The van der Waals surface area contributed by atoms with Gasteiger partial charge in [0.1, 0.15) is 0 Å². The van der Waals surface area contributed by atoms with Gasteiger partial charge in [0.25, 0.3) is 0 Å². The van der Waals surface area contributed by atoms with Crippen molar-refractivity contribution in [1.82, 2.24) is 10.3 Å². The number of carbonyl (C=O) groups is 1. The zero-order chi connectivity index (χ0) is 12.1. The molecule has 0 spiro atoms. The summed E-state index contributed by atoms with van der Waals surface area (Å²) in [6.45, 7) is 1.93. The van der Waals surface area contributed by atoms with Gasteiger partial charge in [-0.05, 0) is 31.9 Å². The van der Waals surface area contributed by atoms with Gasteiger partial charge in [0.2, 0.25) is 5.91 Å². The van der Waals surface area contributed by atoms with E-state index in [1.807, 2.05) is 25.1 Å². The lowest BCUT2D eigenvalue weighted by Gasteiger charge is -2.15. The van der Waals surface area contributed by atoms with Crippen molar-refractivity contribution in [2.24, 2.45) is 0 Å². The average Bonchev–Trinajstić information content (AvgIpc) is 2.83. The summed E-state index contributed by atoms with van der Waals surface area (Å²) in [4.78, 5) is 16.2. The van der Waals surface area contributed by atoms with Gasteiger partial charge in [0.05, 0.1) is 10.3 Å². The molecule has 1 aliphatic rings. The lowest BCUT2D eigenvalue weighted by atomic mass is 10.2. The second-order valence-corrected chi connectivity index (χ2v) is 5.78. The van der Waals surface area contributed by atoms with E-state index < -0.39 is 0 Å². The first-order chi connectivity index (χ1) is 8.25. The van der Waals surface area contributed by atoms with Gasteiger partial charge < -0.3 is 5.32 Å². The van der Waals surface area contributed by atoms with Crippen molar-refractivity contribution in [3.8, 4) is 0 Å². The minimum atomic E-state index is -0.0782. The van der Waals surface area contributed by atoms with E-state index in [9.17, 15) is 4.79 Å². The molecular formula is C13H18N2OS. The van der Waals surface area contributed by atoms with Crippen LogP contribution in [0.25, 0.3) is 0 Å². The Labute approximate surface area is 106 Å². The SMILES string of the molecule is CC(Sc1ccccn1)C(=O)NC1CCCC1. The predicted octanol–water partition coefficient (Wildman–Crippen LogP) is 2.62. The highest BCUT2D eigenvalue weighted by molar-refractivity contribution is 8.00. The fourth-order valence-electron chi connectivity index (χ4n) is 2.04. The van der Waals surface area contributed by atoms with Crippen molar-refractivity contribution in [2.45, 2.75) is 48.9 Å². The van der Waals surface area contributed by atoms with E-state index in [0.717, 1.165) is 17.9 Å². The Morgan fingerprint density at radius 2 is 2.24 bits per heavy atom. The van der Waals surface area contributed by atoms with Gasteiger partial charge in [-0.15, -0.1) is 0 Å². The molecule has 0 saturated heterocycles. The van der Waals surface area contributed by atoms with E-state index in [-0.39, 0.29) is 11.2 Å². The molecule has 1 aromatic heterocycles. The lowest BCUT2D eigenvalue weighted by molar-refractivity contribution is -0.120. The minimum Gasteiger partial charge on any atom is -0.352 e. The van der Waals surface area contributed by atoms with Crippen LogP contribution in [0, 0.1) is 0 Å². The summed E-state index contributed by atoms with van der Waals surface area (Å²) in [5, 5.41) is 3.94. The largest absolute Gasteiger partial charge is 0.352 e. The summed E-state index contributed by atoms with van der Waals surface area (Å²) in [5.74, 6) is 0.132. The first kappa shape index (κ1) is 12.4. The van der Waals surface area contributed by atoms with Gasteiger partial charge in [-0.25, -0.2) is 4.98 Å². The third-order valence-electron chi connectivity index (χ3n) is 3.01. The minimum absolute atomic E-state index is 0.0782. The molecule has 1 atom stereocenters. The van der Waals surface area contributed by atoms with Crippen LogP contribution in [0.3, 0.4) is 0 Å². The fraction of sp³-hybridized carbons (Fsp3) is 0.538. The summed E-state index contributed by atoms with van der Waals surface area (Å²) in [7, 11) is 0. The number of amides is 1. The summed E-state index contributed by atoms with van der Waals surface area (Å²) < 4.78 is 0. The van der Waals surface area contributed by atoms with Gasteiger partial charge in [-0.3, -0.25) is 4.79 Å². The number of nitrogens with one attached hydrogen (secondary N) is 1. The molecule has 0 aliphatic heterocycles. The molecule has 3 nitrogen and oxygen atoms in total. The Morgan fingerprint density at radius 3 is 2.88 bits per heavy atom. The fourth-order valence-corrected chi connectivity index (χ4v) is 2.86. The molecular weight excluding hydrogens is 232 g/mol. The molecule has 1 unspecified atom stereocenters. The van der Waals surface area contributed by atoms with E-state index >= 15 is 0 Å². The monoisotopic (exact) mass is 250 g/mol. The molecule has 17 heavy (non-hydrogen) atoms. The van der Waals surface area contributed by atoms with E-state index in [0.29, 0.717) is 6.04 Å². The van der Waals surface area contributed by atoms with Gasteiger partial charge in [0.15, 0.2) is 0 Å². The van der Waals surface area contributed by atoms with Crippen LogP contribution in [-0.4, -0.2) is 22.2 Å². The first-order valence-corrected chi connectivity index (χ1v) is 7.02. The van der Waals surface area contributed by atoms with Gasteiger partial charge >= 0.3 is 0 Å². The zero-order valence-electron chi connectivity index (χ0n) is 10.1. The molecule has 1 N–H and O–H groups in total. The standard InChI is InChI=1S/C13H18N2OS/c1-10(17-12-8-4-5-9-14-12)13(16)15-11-6-2-3-7-11/h4-5,8-11H,2-3,6-7H2,1H3,(H,15,16). The molecule has 0 radical (unpaired) electrons. The number of aromatic nitrogens is 1. The van der Waals surface area contributed by atoms with Crippen LogP contribution < -0.4 is 5.32 Å². The van der Waals surface area contributed by atoms with E-state index in [2.05, 4.69) is 10.3 Å². The molecule has 1 fully saturated rings. The first-order valence-electron chi connectivity index (χ1n) is 6.14. The van der Waals surface area contributed by atoms with Crippen LogP contribution in [0.4, 0.5) is 0 Å². The molecule has 1 aromatic rings. The Morgan fingerprint density at radius 1 is 1.47 bits per heavy atom. The van der Waals surface area contributed by atoms with Crippen LogP contribution in [0.5, 0.6) is 0 Å². The third kappa shape index (κ3) is 3.73. The Bertz CT molecular complexity index is 363. The maximum Gasteiger partial charge on any atom is 0.233 e. The highest BCUT2D eigenvalue weighted by Gasteiger charge is 2.21. The smallest absolute Gasteiger partial charge is 0.233 e. The molecule has 0 bridgehead atoms. The van der Waals surface area contributed by atoms with E-state index in [1.165, 1.54) is 24.6 Å². The number of carbonyl (C=O) groups excluding carboxylic acids is 1. The highest BCUT2D eigenvalue weighted by atomic mass is 32.2. The van der Waals surface area contributed by atoms with Crippen molar-refractivity contribution < 1.29 is 4.79 Å². The number of pyridine rings is 1. The van der Waals surface area contributed by atoms with Crippen molar-refractivity contribution in [3.63, 3.8) is 0 Å². The van der Waals surface area contributed by atoms with Gasteiger partial charge in [-0.1, -0.05) is 30.7 Å². The van der Waals surface area contributed by atoms with Crippen LogP contribution in [0.2, 0.25) is 0 Å². The summed E-state index contributed by atoms with van der Waals surface area (Å²) in [6, 6.07) is 6.16. The van der Waals surface area contributed by atoms with E-state index in [4.69, 9.17) is 0 Å². The predicted molar refractivity (Wildman–Crippen MR) is 70.0 cm³/mol. The second-order valence-electron chi connectivity index (χ2n) is 4.42. The van der Waals surface area contributed by atoms with E-state index in [1.54, 1.807) is 6.20 Å². The molecule has 1 heterocycles. The third-order valence-corrected chi connectivity index (χ3v) is 4.06. The van der Waals surface area contributed by atoms with Crippen molar-refractivity contribution >= 4 is 17.7 Å². The number of nitrogens with zero attached hydrogens (tertiary/aromatic N) is 1. The molecule has 1 saturated carbocycles. The van der Waals surface area contributed by atoms with Gasteiger partial charge in [-0.2, -0.15) is 0 Å². The summed E-state index contributed by atoms with van der Waals surface area (Å²) in [6.07, 6.45) is 6.50. The number of hydrogen-bond donors (Lipinski definition) is 1. The molecule has 1 aliphatic carbocycles. The highest BCUT2D eigenvalue weighted by Crippen LogP contribution is 2.22. The molecule has 4 heteroatoms. The maximum absolute atomic E-state index is 11.9. The van der Waals surface area contributed by atoms with Crippen LogP contribution in [0.1, 0.15) is 32.6 Å². The summed E-state index contributed by atoms with van der Waals surface area (Å²) in [5.41, 5.74) is 0.